The molecule has 1 unspecified atom stereocenters. The highest BCUT2D eigenvalue weighted by Gasteiger charge is 2.14. The Kier molecular flexibility index (Phi) is 5.13. The normalized spacial score (nSPS) is 12.2. The Hall–Kier alpha value is -1.87. The molecule has 20 heavy (non-hydrogen) atoms. The van der Waals surface area contributed by atoms with Gasteiger partial charge in [-0.3, -0.25) is 0 Å². The highest BCUT2D eigenvalue weighted by molar-refractivity contribution is 5.32. The van der Waals surface area contributed by atoms with Crippen molar-refractivity contribution in [1.29, 1.82) is 0 Å². The Morgan fingerprint density at radius 2 is 1.90 bits per heavy atom. The lowest BCUT2D eigenvalue weighted by molar-refractivity contribution is 0.173. The van der Waals surface area contributed by atoms with E-state index < -0.39 is 11.9 Å². The molecule has 0 fully saturated rings. The van der Waals surface area contributed by atoms with E-state index in [0.717, 1.165) is 12.0 Å². The minimum absolute atomic E-state index is 0.280. The van der Waals surface area contributed by atoms with Crippen molar-refractivity contribution >= 4 is 0 Å². The van der Waals surface area contributed by atoms with Gasteiger partial charge >= 0.3 is 0 Å². The van der Waals surface area contributed by atoms with Crippen LogP contribution in [0.2, 0.25) is 0 Å². The van der Waals surface area contributed by atoms with Crippen LogP contribution in [0.25, 0.3) is 0 Å². The third-order valence-corrected chi connectivity index (χ3v) is 3.07. The van der Waals surface area contributed by atoms with Crippen LogP contribution in [0.5, 0.6) is 5.75 Å². The Morgan fingerprint density at radius 1 is 1.15 bits per heavy atom. The molecular formula is C17H19FO2. The molecule has 0 aliphatic heterocycles. The Labute approximate surface area is 118 Å². The quantitative estimate of drug-likeness (QED) is 0.866. The van der Waals surface area contributed by atoms with Crippen molar-refractivity contribution in [3.63, 3.8) is 0 Å². The van der Waals surface area contributed by atoms with E-state index in [4.69, 9.17) is 4.74 Å². The number of benzene rings is 2. The molecule has 0 saturated heterocycles. The van der Waals surface area contributed by atoms with Gasteiger partial charge in [-0.15, -0.1) is 0 Å². The summed E-state index contributed by atoms with van der Waals surface area (Å²) >= 11 is 0. The van der Waals surface area contributed by atoms with E-state index in [1.807, 2.05) is 37.3 Å². The summed E-state index contributed by atoms with van der Waals surface area (Å²) in [5.74, 6) is 0.188. The topological polar surface area (TPSA) is 29.5 Å². The molecule has 3 heteroatoms. The van der Waals surface area contributed by atoms with Crippen LogP contribution in [0.3, 0.4) is 0 Å². The number of ether oxygens (including phenoxy) is 1. The standard InChI is InChI=1S/C17H19FO2/c1-2-10-20-14-8-9-16(18)15(12-14)17(19)11-13-6-4-3-5-7-13/h3-9,12,17,19H,2,10-11H2,1H3. The molecule has 106 valence electrons. The first kappa shape index (κ1) is 14.5. The summed E-state index contributed by atoms with van der Waals surface area (Å²) < 4.78 is 19.3. The van der Waals surface area contributed by atoms with Crippen LogP contribution in [-0.4, -0.2) is 11.7 Å². The van der Waals surface area contributed by atoms with Crippen molar-refractivity contribution in [2.24, 2.45) is 0 Å². The van der Waals surface area contributed by atoms with Crippen molar-refractivity contribution in [2.45, 2.75) is 25.9 Å². The van der Waals surface area contributed by atoms with Crippen molar-refractivity contribution in [1.82, 2.24) is 0 Å². The third-order valence-electron chi connectivity index (χ3n) is 3.07. The van der Waals surface area contributed by atoms with Crippen molar-refractivity contribution in [3.8, 4) is 5.75 Å². The van der Waals surface area contributed by atoms with Gasteiger partial charge in [0, 0.05) is 12.0 Å². The van der Waals surface area contributed by atoms with Crippen molar-refractivity contribution < 1.29 is 14.2 Å². The molecule has 1 N–H and O–H groups in total. The molecule has 2 nitrogen and oxygen atoms in total. The number of aliphatic hydroxyl groups is 1. The predicted octanol–water partition coefficient (Wildman–Crippen LogP) is 3.89. The minimum Gasteiger partial charge on any atom is -0.494 e. The fraction of sp³-hybridized carbons (Fsp3) is 0.294. The predicted molar refractivity (Wildman–Crippen MR) is 77.3 cm³/mol. The molecule has 2 rings (SSSR count). The molecule has 0 spiro atoms. The second-order valence-corrected chi connectivity index (χ2v) is 4.74. The maximum absolute atomic E-state index is 13.8. The smallest absolute Gasteiger partial charge is 0.129 e. The van der Waals surface area contributed by atoms with Gasteiger partial charge in [-0.25, -0.2) is 4.39 Å². The highest BCUT2D eigenvalue weighted by atomic mass is 19.1. The summed E-state index contributed by atoms with van der Waals surface area (Å²) in [5.41, 5.74) is 1.25. The van der Waals surface area contributed by atoms with Gasteiger partial charge in [-0.2, -0.15) is 0 Å². The molecule has 0 bridgehead atoms. The van der Waals surface area contributed by atoms with Gasteiger partial charge < -0.3 is 9.84 Å². The lowest BCUT2D eigenvalue weighted by Crippen LogP contribution is -2.05. The van der Waals surface area contributed by atoms with Gasteiger partial charge in [0.2, 0.25) is 0 Å². The Balaban J connectivity index is 2.13. The van der Waals surface area contributed by atoms with Crippen LogP contribution < -0.4 is 4.74 Å². The van der Waals surface area contributed by atoms with Crippen LogP contribution in [0.15, 0.2) is 48.5 Å². The maximum Gasteiger partial charge on any atom is 0.129 e. The molecule has 0 amide bonds. The van der Waals surface area contributed by atoms with E-state index >= 15 is 0 Å². The second kappa shape index (κ2) is 7.06. The van der Waals surface area contributed by atoms with Gasteiger partial charge in [0.25, 0.3) is 0 Å². The van der Waals surface area contributed by atoms with E-state index in [2.05, 4.69) is 0 Å². The fourth-order valence-corrected chi connectivity index (χ4v) is 2.03. The minimum atomic E-state index is -0.873. The SMILES string of the molecule is CCCOc1ccc(F)c(C(O)Cc2ccccc2)c1. The van der Waals surface area contributed by atoms with Crippen molar-refractivity contribution in [2.75, 3.05) is 6.61 Å². The zero-order valence-corrected chi connectivity index (χ0v) is 11.6. The molecule has 0 radical (unpaired) electrons. The van der Waals surface area contributed by atoms with Gasteiger partial charge in [0.1, 0.15) is 11.6 Å². The number of rotatable bonds is 6. The highest BCUT2D eigenvalue weighted by Crippen LogP contribution is 2.25. The largest absolute Gasteiger partial charge is 0.494 e. The molecule has 0 aliphatic rings. The lowest BCUT2D eigenvalue weighted by atomic mass is 10.0. The van der Waals surface area contributed by atoms with E-state index in [-0.39, 0.29) is 5.56 Å². The molecule has 2 aromatic rings. The Morgan fingerprint density at radius 3 is 2.60 bits per heavy atom. The van der Waals surface area contributed by atoms with E-state index in [1.54, 1.807) is 12.1 Å². The zero-order chi connectivity index (χ0) is 14.4. The van der Waals surface area contributed by atoms with Crippen molar-refractivity contribution in [3.05, 3.63) is 65.5 Å². The third kappa shape index (κ3) is 3.81. The molecule has 0 aromatic heterocycles. The molecule has 2 aromatic carbocycles. The van der Waals surface area contributed by atoms with Crippen LogP contribution in [0, 0.1) is 5.82 Å². The second-order valence-electron chi connectivity index (χ2n) is 4.74. The first-order chi connectivity index (χ1) is 9.70. The number of hydrogen-bond acceptors (Lipinski definition) is 2. The molecule has 0 aliphatic carbocycles. The van der Waals surface area contributed by atoms with Gasteiger partial charge in [0.15, 0.2) is 0 Å². The first-order valence-corrected chi connectivity index (χ1v) is 6.85. The van der Waals surface area contributed by atoms with Crippen LogP contribution in [0.4, 0.5) is 4.39 Å². The average molecular weight is 274 g/mol. The fourth-order valence-electron chi connectivity index (χ4n) is 2.03. The van der Waals surface area contributed by atoms with E-state index in [0.29, 0.717) is 18.8 Å². The number of hydrogen-bond donors (Lipinski definition) is 1. The van der Waals surface area contributed by atoms with Crippen LogP contribution >= 0.6 is 0 Å². The van der Waals surface area contributed by atoms with E-state index in [9.17, 15) is 9.50 Å². The van der Waals surface area contributed by atoms with Gasteiger partial charge in [-0.05, 0) is 30.2 Å². The average Bonchev–Trinajstić information content (AvgIpc) is 2.47. The first-order valence-electron chi connectivity index (χ1n) is 6.85. The summed E-state index contributed by atoms with van der Waals surface area (Å²) in [6.45, 7) is 2.59. The molecular weight excluding hydrogens is 255 g/mol. The summed E-state index contributed by atoms with van der Waals surface area (Å²) in [5, 5.41) is 10.2. The Bertz CT molecular complexity index is 540. The maximum atomic E-state index is 13.8. The van der Waals surface area contributed by atoms with Gasteiger partial charge in [-0.1, -0.05) is 37.3 Å². The summed E-state index contributed by atoms with van der Waals surface area (Å²) in [6.07, 6.45) is 0.399. The van der Waals surface area contributed by atoms with Crippen LogP contribution in [0.1, 0.15) is 30.6 Å². The summed E-state index contributed by atoms with van der Waals surface area (Å²) in [4.78, 5) is 0. The van der Waals surface area contributed by atoms with E-state index in [1.165, 1.54) is 6.07 Å². The summed E-state index contributed by atoms with van der Waals surface area (Å²) in [7, 11) is 0. The monoisotopic (exact) mass is 274 g/mol. The molecule has 1 atom stereocenters. The number of aliphatic hydroxyl groups excluding tert-OH is 1. The lowest BCUT2D eigenvalue weighted by Gasteiger charge is -2.14. The molecule has 0 heterocycles. The zero-order valence-electron chi connectivity index (χ0n) is 11.6. The van der Waals surface area contributed by atoms with Gasteiger partial charge in [0.05, 0.1) is 12.7 Å². The summed E-state index contributed by atoms with van der Waals surface area (Å²) in [6, 6.07) is 14.1. The molecule has 0 saturated carbocycles. The number of halogens is 1. The van der Waals surface area contributed by atoms with Crippen LogP contribution in [-0.2, 0) is 6.42 Å².